The maximum absolute atomic E-state index is 13.6. The van der Waals surface area contributed by atoms with E-state index in [9.17, 15) is 13.2 Å². The Morgan fingerprint density at radius 2 is 1.56 bits per heavy atom. The first-order chi connectivity index (χ1) is 17.3. The van der Waals surface area contributed by atoms with Gasteiger partial charge < -0.3 is 5.32 Å². The van der Waals surface area contributed by atoms with Crippen molar-refractivity contribution >= 4 is 21.6 Å². The van der Waals surface area contributed by atoms with Gasteiger partial charge in [0.1, 0.15) is 6.54 Å². The zero-order valence-electron chi connectivity index (χ0n) is 21.1. The molecule has 0 saturated carbocycles. The molecule has 0 spiro atoms. The summed E-state index contributed by atoms with van der Waals surface area (Å²) < 4.78 is 28.4. The van der Waals surface area contributed by atoms with Gasteiger partial charge in [-0.3, -0.25) is 14.0 Å². The van der Waals surface area contributed by atoms with Gasteiger partial charge >= 0.3 is 0 Å². The van der Waals surface area contributed by atoms with E-state index in [1.807, 2.05) is 44.2 Å². The number of hydrogen-bond acceptors (Lipinski definition) is 4. The average molecular weight is 506 g/mol. The van der Waals surface area contributed by atoms with Gasteiger partial charge in [0.05, 0.1) is 10.6 Å². The highest BCUT2D eigenvalue weighted by molar-refractivity contribution is 7.92. The smallest absolute Gasteiger partial charge is 0.264 e. The third-order valence-electron chi connectivity index (χ3n) is 6.68. The molecule has 0 radical (unpaired) electrons. The lowest BCUT2D eigenvalue weighted by atomic mass is 10.0. The van der Waals surface area contributed by atoms with Crippen molar-refractivity contribution in [3.63, 3.8) is 0 Å². The fourth-order valence-electron chi connectivity index (χ4n) is 4.73. The monoisotopic (exact) mass is 505 g/mol. The second-order valence-electron chi connectivity index (χ2n) is 9.50. The molecule has 3 aromatic rings. The Bertz CT molecular complexity index is 1290. The van der Waals surface area contributed by atoms with Gasteiger partial charge in [-0.1, -0.05) is 66.6 Å². The first kappa shape index (κ1) is 25.9. The van der Waals surface area contributed by atoms with E-state index < -0.39 is 10.0 Å². The molecule has 1 fully saturated rings. The number of hydrogen-bond donors (Lipinski definition) is 1. The highest BCUT2D eigenvalue weighted by atomic mass is 32.2. The summed E-state index contributed by atoms with van der Waals surface area (Å²) in [5.41, 5.74) is 4.59. The molecule has 0 aliphatic carbocycles. The lowest BCUT2D eigenvalue weighted by molar-refractivity contribution is -0.119. The summed E-state index contributed by atoms with van der Waals surface area (Å²) in [5, 5.41) is 2.97. The van der Waals surface area contributed by atoms with Gasteiger partial charge in [-0.05, 0) is 74.7 Å². The SMILES string of the molecule is Cc1ccc(N(CC(=O)NCc2ccccc2CN2CCCCC2)S(=O)(=O)c2ccccc2)c(C)c1. The molecule has 6 nitrogen and oxygen atoms in total. The second-order valence-corrected chi connectivity index (χ2v) is 11.4. The number of nitrogens with one attached hydrogen (secondary N) is 1. The maximum Gasteiger partial charge on any atom is 0.264 e. The predicted molar refractivity (Wildman–Crippen MR) is 144 cm³/mol. The largest absolute Gasteiger partial charge is 0.350 e. The Balaban J connectivity index is 1.52. The molecule has 0 atom stereocenters. The Kier molecular flexibility index (Phi) is 8.44. The Hall–Kier alpha value is -3.16. The number of amides is 1. The van der Waals surface area contributed by atoms with Gasteiger partial charge in [0.25, 0.3) is 10.0 Å². The first-order valence-electron chi connectivity index (χ1n) is 12.6. The molecular formula is C29H35N3O3S. The van der Waals surface area contributed by atoms with Crippen molar-refractivity contribution in [3.8, 4) is 0 Å². The number of piperidine rings is 1. The van der Waals surface area contributed by atoms with Crippen molar-refractivity contribution in [2.24, 2.45) is 0 Å². The molecule has 1 aliphatic rings. The molecule has 1 aliphatic heterocycles. The van der Waals surface area contributed by atoms with Crippen LogP contribution in [0.3, 0.4) is 0 Å². The summed E-state index contributed by atoms with van der Waals surface area (Å²) in [5.74, 6) is -0.345. The van der Waals surface area contributed by atoms with Crippen molar-refractivity contribution in [1.82, 2.24) is 10.2 Å². The third kappa shape index (κ3) is 6.33. The Labute approximate surface area is 215 Å². The van der Waals surface area contributed by atoms with E-state index in [4.69, 9.17) is 0 Å². The van der Waals surface area contributed by atoms with Gasteiger partial charge in [0.2, 0.25) is 5.91 Å². The zero-order chi connectivity index (χ0) is 25.5. The lowest BCUT2D eigenvalue weighted by Crippen LogP contribution is -2.41. The van der Waals surface area contributed by atoms with Gasteiger partial charge in [-0.2, -0.15) is 0 Å². The van der Waals surface area contributed by atoms with Gasteiger partial charge in [-0.15, -0.1) is 0 Å². The van der Waals surface area contributed by atoms with E-state index in [2.05, 4.69) is 16.3 Å². The van der Waals surface area contributed by atoms with E-state index >= 15 is 0 Å². The number of sulfonamides is 1. The molecule has 0 aromatic heterocycles. The van der Waals surface area contributed by atoms with Crippen LogP contribution >= 0.6 is 0 Å². The molecule has 1 heterocycles. The highest BCUT2D eigenvalue weighted by Crippen LogP contribution is 2.27. The van der Waals surface area contributed by atoms with Crippen molar-refractivity contribution < 1.29 is 13.2 Å². The van der Waals surface area contributed by atoms with Crippen LogP contribution in [0, 0.1) is 13.8 Å². The highest BCUT2D eigenvalue weighted by Gasteiger charge is 2.28. The summed E-state index contributed by atoms with van der Waals surface area (Å²) in [4.78, 5) is 15.7. The Morgan fingerprint density at radius 3 is 2.25 bits per heavy atom. The summed E-state index contributed by atoms with van der Waals surface area (Å²) in [6.07, 6.45) is 3.74. The Morgan fingerprint density at radius 1 is 0.889 bits per heavy atom. The van der Waals surface area contributed by atoms with Crippen LogP contribution in [0.1, 0.15) is 41.5 Å². The standard InChI is InChI=1S/C29H35N3O3S/c1-23-15-16-28(24(2)19-23)32(36(34,35)27-13-5-3-6-14-27)22-29(33)30-20-25-11-7-8-12-26(25)21-31-17-9-4-10-18-31/h3,5-8,11-16,19H,4,9-10,17-18,20-22H2,1-2H3,(H,30,33). The average Bonchev–Trinajstić information content (AvgIpc) is 2.88. The van der Waals surface area contributed by atoms with Crippen LogP contribution in [-0.4, -0.2) is 38.9 Å². The number of rotatable bonds is 9. The fraction of sp³-hybridized carbons (Fsp3) is 0.345. The number of carbonyl (C=O) groups is 1. The van der Waals surface area contributed by atoms with Crippen LogP contribution in [0.15, 0.2) is 77.7 Å². The van der Waals surface area contributed by atoms with Crippen LogP contribution in [-0.2, 0) is 27.9 Å². The number of carbonyl (C=O) groups excluding carboxylic acids is 1. The van der Waals surface area contributed by atoms with E-state index in [-0.39, 0.29) is 17.3 Å². The summed E-state index contributed by atoms with van der Waals surface area (Å²) in [6.45, 7) is 6.95. The second kappa shape index (κ2) is 11.7. The molecule has 0 unspecified atom stereocenters. The third-order valence-corrected chi connectivity index (χ3v) is 8.45. The normalized spacial score (nSPS) is 14.4. The molecule has 1 N–H and O–H groups in total. The van der Waals surface area contributed by atoms with Gasteiger partial charge in [-0.25, -0.2) is 8.42 Å². The minimum Gasteiger partial charge on any atom is -0.350 e. The molecule has 4 rings (SSSR count). The number of likely N-dealkylation sites (tertiary alicyclic amines) is 1. The van der Waals surface area contributed by atoms with Crippen molar-refractivity contribution in [1.29, 1.82) is 0 Å². The molecule has 36 heavy (non-hydrogen) atoms. The topological polar surface area (TPSA) is 69.7 Å². The minimum atomic E-state index is -3.93. The summed E-state index contributed by atoms with van der Waals surface area (Å²) in [7, 11) is -3.93. The van der Waals surface area contributed by atoms with Crippen molar-refractivity contribution in [2.75, 3.05) is 23.9 Å². The van der Waals surface area contributed by atoms with Crippen LogP contribution in [0.5, 0.6) is 0 Å². The van der Waals surface area contributed by atoms with E-state index in [0.717, 1.165) is 36.3 Å². The van der Waals surface area contributed by atoms with E-state index in [1.54, 1.807) is 36.4 Å². The van der Waals surface area contributed by atoms with E-state index in [0.29, 0.717) is 12.2 Å². The molecular weight excluding hydrogens is 470 g/mol. The van der Waals surface area contributed by atoms with Gasteiger partial charge in [0.15, 0.2) is 0 Å². The summed E-state index contributed by atoms with van der Waals surface area (Å²) >= 11 is 0. The minimum absolute atomic E-state index is 0.157. The summed E-state index contributed by atoms with van der Waals surface area (Å²) in [6, 6.07) is 22.0. The molecule has 0 bridgehead atoms. The molecule has 3 aromatic carbocycles. The molecule has 7 heteroatoms. The van der Waals surface area contributed by atoms with Crippen molar-refractivity contribution in [2.45, 2.75) is 51.1 Å². The number of aryl methyl sites for hydroxylation is 2. The number of nitrogens with zero attached hydrogens (tertiary/aromatic N) is 2. The fourth-order valence-corrected chi connectivity index (χ4v) is 6.23. The quantitative estimate of drug-likeness (QED) is 0.454. The van der Waals surface area contributed by atoms with Crippen LogP contribution in [0.2, 0.25) is 0 Å². The maximum atomic E-state index is 13.6. The van der Waals surface area contributed by atoms with Crippen LogP contribution in [0.25, 0.3) is 0 Å². The van der Waals surface area contributed by atoms with E-state index in [1.165, 1.54) is 29.1 Å². The number of benzene rings is 3. The predicted octanol–water partition coefficient (Wildman–Crippen LogP) is 4.80. The van der Waals surface area contributed by atoms with Gasteiger partial charge in [0, 0.05) is 13.1 Å². The van der Waals surface area contributed by atoms with Crippen LogP contribution in [0.4, 0.5) is 5.69 Å². The lowest BCUT2D eigenvalue weighted by Gasteiger charge is -2.27. The zero-order valence-corrected chi connectivity index (χ0v) is 21.9. The molecule has 1 saturated heterocycles. The first-order valence-corrected chi connectivity index (χ1v) is 14.0. The molecule has 1 amide bonds. The number of anilines is 1. The molecule has 190 valence electrons. The van der Waals surface area contributed by atoms with Crippen LogP contribution < -0.4 is 9.62 Å². The van der Waals surface area contributed by atoms with Crippen molar-refractivity contribution in [3.05, 3.63) is 95.1 Å².